The Morgan fingerprint density at radius 2 is 1.67 bits per heavy atom. The van der Waals surface area contributed by atoms with E-state index < -0.39 is 0 Å². The average molecular weight is 385 g/mol. The zero-order chi connectivity index (χ0) is 19.8. The molecule has 0 N–H and O–H groups in total. The first-order valence-electron chi connectivity index (χ1n) is 8.85. The number of hydrogen-bond donors (Lipinski definition) is 0. The van der Waals surface area contributed by atoms with Crippen molar-refractivity contribution in [3.05, 3.63) is 62.6 Å². The highest BCUT2D eigenvalue weighted by molar-refractivity contribution is 7.99. The predicted octanol–water partition coefficient (Wildman–Crippen LogP) is 2.66. The minimum atomic E-state index is -0.383. The molecular weight excluding hydrogens is 360 g/mol. The highest BCUT2D eigenvalue weighted by atomic mass is 32.2. The molecule has 0 aliphatic rings. The van der Waals surface area contributed by atoms with E-state index in [4.69, 9.17) is 4.98 Å². The molecule has 0 atom stereocenters. The molecule has 0 saturated carbocycles. The summed E-state index contributed by atoms with van der Waals surface area (Å²) in [4.78, 5) is 34.4. The number of aryl methyl sites for hydroxylation is 2. The van der Waals surface area contributed by atoms with Crippen LogP contribution in [0.4, 0.5) is 0 Å². The van der Waals surface area contributed by atoms with Crippen molar-refractivity contribution in [1.29, 1.82) is 0 Å². The Morgan fingerprint density at radius 1 is 1.00 bits per heavy atom. The first-order chi connectivity index (χ1) is 12.7. The smallest absolute Gasteiger partial charge is 0.280 e. The van der Waals surface area contributed by atoms with E-state index in [0.717, 1.165) is 16.7 Å². The summed E-state index contributed by atoms with van der Waals surface area (Å²) in [7, 11) is 3.13. The van der Waals surface area contributed by atoms with Crippen molar-refractivity contribution in [1.82, 2.24) is 19.1 Å². The van der Waals surface area contributed by atoms with Gasteiger partial charge in [0.15, 0.2) is 5.65 Å². The maximum atomic E-state index is 12.8. The monoisotopic (exact) mass is 384 g/mol. The summed E-state index contributed by atoms with van der Waals surface area (Å²) in [5, 5.41) is 1.04. The maximum Gasteiger partial charge on any atom is 0.332 e. The molecule has 0 unspecified atom stereocenters. The molecule has 1 aromatic carbocycles. The van der Waals surface area contributed by atoms with Crippen LogP contribution in [0, 0.1) is 0 Å². The summed E-state index contributed by atoms with van der Waals surface area (Å²) in [6.45, 7) is 6.06. The molecule has 0 fully saturated rings. The second-order valence-electron chi connectivity index (χ2n) is 7.59. The molecule has 3 aromatic rings. The minimum Gasteiger partial charge on any atom is -0.280 e. The van der Waals surface area contributed by atoms with Gasteiger partial charge in [-0.25, -0.2) is 14.8 Å². The highest BCUT2D eigenvalue weighted by Gasteiger charge is 2.23. The van der Waals surface area contributed by atoms with E-state index in [-0.39, 0.29) is 16.7 Å². The van der Waals surface area contributed by atoms with Crippen LogP contribution in [-0.2, 0) is 25.9 Å². The Hall–Kier alpha value is -2.41. The summed E-state index contributed by atoms with van der Waals surface area (Å²) in [6, 6.07) is 10.2. The van der Waals surface area contributed by atoms with E-state index in [2.05, 4.69) is 17.1 Å². The Bertz CT molecular complexity index is 1100. The first kappa shape index (κ1) is 19.4. The van der Waals surface area contributed by atoms with Gasteiger partial charge < -0.3 is 0 Å². The summed E-state index contributed by atoms with van der Waals surface area (Å²) in [5.74, 6) is 1.41. The van der Waals surface area contributed by atoms with Crippen molar-refractivity contribution in [3.63, 3.8) is 0 Å². The lowest BCUT2D eigenvalue weighted by molar-refractivity contribution is 0.539. The molecule has 3 rings (SSSR count). The summed E-state index contributed by atoms with van der Waals surface area (Å²) in [5.41, 5.74) is 0.604. The van der Waals surface area contributed by atoms with Gasteiger partial charge in [-0.05, 0) is 12.0 Å². The van der Waals surface area contributed by atoms with Crippen molar-refractivity contribution in [2.75, 3.05) is 5.75 Å². The second kappa shape index (κ2) is 7.31. The lowest BCUT2D eigenvalue weighted by atomic mass is 9.96. The topological polar surface area (TPSA) is 69.8 Å². The molecular formula is C20H24N4O2S. The molecule has 0 radical (unpaired) electrons. The molecule has 6 nitrogen and oxygen atoms in total. The Morgan fingerprint density at radius 3 is 2.30 bits per heavy atom. The van der Waals surface area contributed by atoms with Gasteiger partial charge in [-0.2, -0.15) is 0 Å². The first-order valence-corrected chi connectivity index (χ1v) is 9.83. The fourth-order valence-electron chi connectivity index (χ4n) is 2.78. The van der Waals surface area contributed by atoms with E-state index in [1.54, 1.807) is 7.05 Å². The molecule has 0 saturated heterocycles. The van der Waals surface area contributed by atoms with Crippen LogP contribution in [0.3, 0.4) is 0 Å². The number of nitrogens with zero attached hydrogens (tertiary/aromatic N) is 4. The average Bonchev–Trinajstić information content (AvgIpc) is 2.64. The molecule has 2 heterocycles. The summed E-state index contributed by atoms with van der Waals surface area (Å²) in [6.07, 6.45) is 0.869. The standard InChI is InChI=1S/C20H24N4O2S/c1-20(2,3)18-21-15-14(17(25)24(5)19(26)23(15)4)16(22-18)27-12-11-13-9-7-6-8-10-13/h6-10H,11-12H2,1-5H3. The number of benzene rings is 1. The van der Waals surface area contributed by atoms with Gasteiger partial charge in [0, 0.05) is 25.3 Å². The fraction of sp³-hybridized carbons (Fsp3) is 0.400. The van der Waals surface area contributed by atoms with Crippen LogP contribution in [0.2, 0.25) is 0 Å². The lowest BCUT2D eigenvalue weighted by Gasteiger charge is -2.19. The van der Waals surface area contributed by atoms with Crippen LogP contribution in [0.5, 0.6) is 0 Å². The minimum absolute atomic E-state index is 0.292. The fourth-order valence-corrected chi connectivity index (χ4v) is 3.78. The van der Waals surface area contributed by atoms with E-state index in [0.29, 0.717) is 21.9 Å². The highest BCUT2D eigenvalue weighted by Crippen LogP contribution is 2.27. The molecule has 0 spiro atoms. The van der Waals surface area contributed by atoms with E-state index in [9.17, 15) is 9.59 Å². The van der Waals surface area contributed by atoms with Gasteiger partial charge in [-0.3, -0.25) is 13.9 Å². The van der Waals surface area contributed by atoms with Gasteiger partial charge in [0.25, 0.3) is 5.56 Å². The van der Waals surface area contributed by atoms with Gasteiger partial charge in [0.05, 0.1) is 0 Å². The van der Waals surface area contributed by atoms with Crippen molar-refractivity contribution < 1.29 is 0 Å². The normalized spacial score (nSPS) is 11.9. The van der Waals surface area contributed by atoms with Crippen molar-refractivity contribution in [2.45, 2.75) is 37.6 Å². The molecule has 0 bridgehead atoms. The van der Waals surface area contributed by atoms with Crippen LogP contribution in [0.25, 0.3) is 11.0 Å². The van der Waals surface area contributed by atoms with Gasteiger partial charge in [-0.1, -0.05) is 51.1 Å². The Balaban J connectivity index is 2.11. The van der Waals surface area contributed by atoms with Crippen LogP contribution < -0.4 is 11.2 Å². The third kappa shape index (κ3) is 3.83. The molecule has 2 aromatic heterocycles. The molecule has 7 heteroatoms. The SMILES string of the molecule is Cn1c(=O)c2c(SCCc3ccccc3)nc(C(C)(C)C)nc2n(C)c1=O. The van der Waals surface area contributed by atoms with E-state index >= 15 is 0 Å². The number of aromatic nitrogens is 4. The number of rotatable bonds is 4. The second-order valence-corrected chi connectivity index (χ2v) is 8.67. The van der Waals surface area contributed by atoms with Crippen LogP contribution in [-0.4, -0.2) is 24.9 Å². The quantitative estimate of drug-likeness (QED) is 0.511. The predicted molar refractivity (Wildman–Crippen MR) is 110 cm³/mol. The third-order valence-electron chi connectivity index (χ3n) is 4.41. The zero-order valence-electron chi connectivity index (χ0n) is 16.3. The molecule has 0 aliphatic carbocycles. The van der Waals surface area contributed by atoms with Crippen molar-refractivity contribution in [3.8, 4) is 0 Å². The van der Waals surface area contributed by atoms with Gasteiger partial charge in [-0.15, -0.1) is 11.8 Å². The Kier molecular flexibility index (Phi) is 5.24. The summed E-state index contributed by atoms with van der Waals surface area (Å²) < 4.78 is 2.54. The van der Waals surface area contributed by atoms with Gasteiger partial charge in [0.1, 0.15) is 16.2 Å². The van der Waals surface area contributed by atoms with E-state index in [1.165, 1.54) is 28.9 Å². The van der Waals surface area contributed by atoms with Crippen LogP contribution in [0.15, 0.2) is 44.9 Å². The number of thioether (sulfide) groups is 1. The zero-order valence-corrected chi connectivity index (χ0v) is 17.1. The molecule has 27 heavy (non-hydrogen) atoms. The van der Waals surface area contributed by atoms with Crippen molar-refractivity contribution in [2.24, 2.45) is 14.1 Å². The number of hydrogen-bond acceptors (Lipinski definition) is 5. The molecule has 142 valence electrons. The molecule has 0 amide bonds. The third-order valence-corrected chi connectivity index (χ3v) is 5.39. The Labute approximate surface area is 162 Å². The summed E-state index contributed by atoms with van der Waals surface area (Å²) >= 11 is 1.53. The van der Waals surface area contributed by atoms with Gasteiger partial charge in [0.2, 0.25) is 0 Å². The van der Waals surface area contributed by atoms with Crippen LogP contribution >= 0.6 is 11.8 Å². The van der Waals surface area contributed by atoms with Crippen LogP contribution in [0.1, 0.15) is 32.2 Å². The van der Waals surface area contributed by atoms with E-state index in [1.807, 2.05) is 39.0 Å². The maximum absolute atomic E-state index is 12.8. The lowest BCUT2D eigenvalue weighted by Crippen LogP contribution is -2.38. The molecule has 0 aliphatic heterocycles. The van der Waals surface area contributed by atoms with Gasteiger partial charge >= 0.3 is 5.69 Å². The largest absolute Gasteiger partial charge is 0.332 e. The van der Waals surface area contributed by atoms with Crippen molar-refractivity contribution >= 4 is 22.8 Å². The number of fused-ring (bicyclic) bond motifs is 1.